The molecule has 57 heavy (non-hydrogen) atoms. The topological polar surface area (TPSA) is 143 Å². The Labute approximate surface area is 329 Å². The first-order valence-electron chi connectivity index (χ1n) is 19.0. The first kappa shape index (κ1) is 40.8. The number of halogens is 2. The number of aliphatic hydroxyl groups is 1. The molecule has 2 amide bonds. The van der Waals surface area contributed by atoms with Gasteiger partial charge < -0.3 is 34.2 Å². The fourth-order valence-corrected chi connectivity index (χ4v) is 7.87. The molecule has 4 aromatic rings. The summed E-state index contributed by atoms with van der Waals surface area (Å²) in [5.41, 5.74) is 2.57. The second-order valence-electron chi connectivity index (χ2n) is 14.6. The Morgan fingerprint density at radius 1 is 0.579 bits per heavy atom. The Kier molecular flexibility index (Phi) is 13.9. The number of aliphatic hydroxyl groups excluding tert-OH is 1. The summed E-state index contributed by atoms with van der Waals surface area (Å²) in [6, 6.07) is 35.8. The maximum Gasteiger partial charge on any atom is 0.410 e. The van der Waals surface area contributed by atoms with Crippen LogP contribution in [-0.4, -0.2) is 94.9 Å². The highest BCUT2D eigenvalue weighted by Crippen LogP contribution is 2.42. The molecule has 8 atom stereocenters. The van der Waals surface area contributed by atoms with Crippen LogP contribution < -0.4 is 0 Å². The number of rotatable bonds is 7. The van der Waals surface area contributed by atoms with Gasteiger partial charge in [0.15, 0.2) is 0 Å². The smallest absolute Gasteiger partial charge is 0.410 e. The molecule has 2 N–H and O–H groups in total. The van der Waals surface area contributed by atoms with Crippen LogP contribution in [0.1, 0.15) is 44.7 Å². The van der Waals surface area contributed by atoms with Gasteiger partial charge in [0, 0.05) is 38.0 Å². The van der Waals surface area contributed by atoms with E-state index in [4.69, 9.17) is 19.3 Å². The number of fused-ring (bicyclic) bond motifs is 2. The molecule has 2 saturated carbocycles. The zero-order chi connectivity index (χ0) is 40.3. The molecule has 300 valence electrons. The number of hydrogen-bond donors (Lipinski definition) is 2. The van der Waals surface area contributed by atoms with E-state index in [2.05, 4.69) is 0 Å². The van der Waals surface area contributed by atoms with Crippen LogP contribution in [0, 0.1) is 23.7 Å². The third kappa shape index (κ3) is 10.7. The van der Waals surface area contributed by atoms with E-state index in [9.17, 15) is 33.1 Å². The lowest BCUT2D eigenvalue weighted by molar-refractivity contribution is -0.000544. The van der Waals surface area contributed by atoms with E-state index >= 15 is 0 Å². The summed E-state index contributed by atoms with van der Waals surface area (Å²) in [7, 11) is 0. The molecule has 0 aromatic heterocycles. The fraction of sp³-hybridized carbons (Fsp3) is 0.364. The largest absolute Gasteiger partial charge is 0.478 e. The first-order valence-corrected chi connectivity index (χ1v) is 19.0. The van der Waals surface area contributed by atoms with Crippen molar-refractivity contribution in [2.24, 2.45) is 23.7 Å². The molecule has 2 saturated heterocycles. The number of carboxylic acid groups (broad SMARTS) is 1. The molecule has 4 aliphatic rings. The maximum absolute atomic E-state index is 14.5. The summed E-state index contributed by atoms with van der Waals surface area (Å²) in [4.78, 5) is 50.0. The Bertz CT molecular complexity index is 1930. The summed E-state index contributed by atoms with van der Waals surface area (Å²) in [6.07, 6.45) is -4.28. The normalized spacial score (nSPS) is 25.5. The fourth-order valence-electron chi connectivity index (χ4n) is 7.87. The summed E-state index contributed by atoms with van der Waals surface area (Å²) >= 11 is 0. The van der Waals surface area contributed by atoms with Gasteiger partial charge in [0.25, 0.3) is 0 Å². The number of carboxylic acids is 1. The van der Waals surface area contributed by atoms with Gasteiger partial charge >= 0.3 is 24.1 Å². The number of carbonyl (C=O) groups is 4. The van der Waals surface area contributed by atoms with Gasteiger partial charge in [-0.15, -0.1) is 0 Å². The third-order valence-corrected chi connectivity index (χ3v) is 10.8. The van der Waals surface area contributed by atoms with E-state index in [0.717, 1.165) is 11.1 Å². The van der Waals surface area contributed by atoms with Gasteiger partial charge in [-0.05, 0) is 60.1 Å². The quantitative estimate of drug-likeness (QED) is 0.147. The number of alkyl halides is 2. The van der Waals surface area contributed by atoms with Crippen molar-refractivity contribution in [3.8, 4) is 0 Å². The summed E-state index contributed by atoms with van der Waals surface area (Å²) in [5.74, 6) is -1.71. The molecular weight excluding hydrogens is 738 g/mol. The van der Waals surface area contributed by atoms with Crippen molar-refractivity contribution >= 4 is 24.1 Å². The molecule has 2 aliphatic carbocycles. The highest BCUT2D eigenvalue weighted by molar-refractivity contribution is 5.89. The van der Waals surface area contributed by atoms with Crippen LogP contribution in [0.4, 0.5) is 18.4 Å². The lowest BCUT2D eigenvalue weighted by Gasteiger charge is -2.22. The van der Waals surface area contributed by atoms with E-state index in [-0.39, 0.29) is 43.0 Å². The molecule has 2 aliphatic heterocycles. The van der Waals surface area contributed by atoms with Gasteiger partial charge in [-0.25, -0.2) is 28.0 Å². The number of nitrogens with zero attached hydrogens (tertiary/aromatic N) is 2. The van der Waals surface area contributed by atoms with Crippen molar-refractivity contribution in [2.45, 2.75) is 50.6 Å². The van der Waals surface area contributed by atoms with Gasteiger partial charge in [-0.2, -0.15) is 0 Å². The van der Waals surface area contributed by atoms with Crippen LogP contribution in [0.5, 0.6) is 0 Å². The van der Waals surface area contributed by atoms with Crippen LogP contribution >= 0.6 is 0 Å². The van der Waals surface area contributed by atoms with Crippen molar-refractivity contribution in [3.63, 3.8) is 0 Å². The average Bonchev–Trinajstić information content (AvgIpc) is 3.99. The predicted octanol–water partition coefficient (Wildman–Crippen LogP) is 7.20. The Morgan fingerprint density at radius 3 is 1.46 bits per heavy atom. The lowest BCUT2D eigenvalue weighted by atomic mass is 9.99. The molecular formula is C44H46F2N2O9. The number of likely N-dealkylation sites (tertiary alicyclic amines) is 2. The van der Waals surface area contributed by atoms with E-state index in [1.165, 1.54) is 0 Å². The zero-order valence-corrected chi connectivity index (χ0v) is 31.2. The van der Waals surface area contributed by atoms with Crippen molar-refractivity contribution in [1.29, 1.82) is 0 Å². The van der Waals surface area contributed by atoms with Crippen molar-refractivity contribution in [1.82, 2.24) is 9.80 Å². The number of ether oxygens (including phenoxy) is 3. The highest BCUT2D eigenvalue weighted by Gasteiger charge is 2.52. The number of amides is 2. The van der Waals surface area contributed by atoms with Gasteiger partial charge in [-0.3, -0.25) is 0 Å². The molecule has 0 spiro atoms. The van der Waals surface area contributed by atoms with E-state index in [1.807, 2.05) is 60.7 Å². The summed E-state index contributed by atoms with van der Waals surface area (Å²) in [6.45, 7) is 2.07. The van der Waals surface area contributed by atoms with Crippen LogP contribution in [0.25, 0.3) is 0 Å². The van der Waals surface area contributed by atoms with Crippen molar-refractivity contribution < 1.29 is 52.4 Å². The zero-order valence-electron chi connectivity index (χ0n) is 31.2. The first-order chi connectivity index (χ1) is 27.6. The minimum atomic E-state index is -1.20. The minimum Gasteiger partial charge on any atom is -0.478 e. The molecule has 0 unspecified atom stereocenters. The van der Waals surface area contributed by atoms with Crippen LogP contribution in [0.2, 0.25) is 0 Å². The van der Waals surface area contributed by atoms with E-state index in [1.54, 1.807) is 70.5 Å². The average molecular weight is 785 g/mol. The third-order valence-electron chi connectivity index (χ3n) is 10.8. The van der Waals surface area contributed by atoms with Crippen LogP contribution in [-0.2, 0) is 27.4 Å². The monoisotopic (exact) mass is 784 g/mol. The SMILES string of the molecule is O=C(O)c1ccccc1.O=C(OCc1ccccc1)N1C[C@@H]2C[C@H](F)[C@H](O)[C@@H]2C1.O=C(O[C@H]1[C@@H]2CN(C(=O)OCc3ccccc3)C[C@@H]2C[C@@H]1F)c1ccccc1. The molecule has 2 heterocycles. The molecule has 8 rings (SSSR count). The number of benzene rings is 4. The van der Waals surface area contributed by atoms with Crippen LogP contribution in [0.15, 0.2) is 121 Å². The Balaban J connectivity index is 0.000000164. The lowest BCUT2D eigenvalue weighted by Crippen LogP contribution is -2.35. The van der Waals surface area contributed by atoms with Gasteiger partial charge in [-0.1, -0.05) is 97.1 Å². The van der Waals surface area contributed by atoms with Crippen molar-refractivity contribution in [2.75, 3.05) is 26.2 Å². The Morgan fingerprint density at radius 2 is 1.00 bits per heavy atom. The second-order valence-corrected chi connectivity index (χ2v) is 14.6. The summed E-state index contributed by atoms with van der Waals surface area (Å²) in [5, 5.41) is 18.1. The summed E-state index contributed by atoms with van der Waals surface area (Å²) < 4.78 is 43.9. The molecule has 4 aromatic carbocycles. The molecule has 0 bridgehead atoms. The van der Waals surface area contributed by atoms with Gasteiger partial charge in [0.2, 0.25) is 0 Å². The molecule has 11 nitrogen and oxygen atoms in total. The molecule has 4 fully saturated rings. The number of aromatic carboxylic acids is 1. The van der Waals surface area contributed by atoms with Crippen LogP contribution in [0.3, 0.4) is 0 Å². The van der Waals surface area contributed by atoms with E-state index in [0.29, 0.717) is 50.1 Å². The second kappa shape index (κ2) is 19.4. The maximum atomic E-state index is 14.5. The molecule has 0 radical (unpaired) electrons. The molecule has 13 heteroatoms. The van der Waals surface area contributed by atoms with E-state index < -0.39 is 42.6 Å². The van der Waals surface area contributed by atoms with Gasteiger partial charge in [0.1, 0.15) is 31.7 Å². The predicted molar refractivity (Wildman–Crippen MR) is 204 cm³/mol. The van der Waals surface area contributed by atoms with Crippen molar-refractivity contribution in [3.05, 3.63) is 144 Å². The minimum absolute atomic E-state index is 0.0205. The standard InChI is InChI=1S/C22H22FNO4.C15H18FNO3.C7H6O2/c23-19-11-17-12-24(22(26)27-14-15-7-3-1-4-8-15)13-18(17)20(19)28-21(25)16-9-5-2-6-10-16;16-13-6-11-7-17(8-12(11)14(13)18)15(19)20-9-10-4-2-1-3-5-10;8-7(9)6-4-2-1-3-5-6/h1-10,17-20H,11-14H2;1-5,11-14,18H,6-9H2;1-5H,(H,8,9)/t17-,18+,19-,20-;11-,12+,13-,14+;/m00./s1. The highest BCUT2D eigenvalue weighted by atomic mass is 19.1. The number of carbonyl (C=O) groups excluding carboxylic acids is 3. The van der Waals surface area contributed by atoms with Gasteiger partial charge in [0.05, 0.1) is 17.2 Å². The number of esters is 1. The Hall–Kier alpha value is -5.82. The number of hydrogen-bond acceptors (Lipinski definition) is 8.